The summed E-state index contributed by atoms with van der Waals surface area (Å²) in [6.45, 7) is 1.55. The van der Waals surface area contributed by atoms with Crippen molar-refractivity contribution in [2.24, 2.45) is 4.99 Å². The molecule has 2 aliphatic heterocycles. The highest BCUT2D eigenvalue weighted by Crippen LogP contribution is 2.41. The molecule has 10 heteroatoms. The molecule has 180 valence electrons. The van der Waals surface area contributed by atoms with E-state index in [0.717, 1.165) is 12.1 Å². The third-order valence-corrected chi connectivity index (χ3v) is 5.84. The average Bonchev–Trinajstić information content (AvgIpc) is 3.01. The highest BCUT2D eigenvalue weighted by atomic mass is 19.4. The number of amidine groups is 1. The number of hydrogen-bond donors (Lipinski definition) is 1. The summed E-state index contributed by atoms with van der Waals surface area (Å²) < 4.78 is 59.4. The highest BCUT2D eigenvalue weighted by Gasteiger charge is 2.33. The molecule has 1 fully saturated rings. The number of carbonyl (C=O) groups excluding carboxylic acids is 1. The molecule has 2 aliphatic rings. The largest absolute Gasteiger partial charge is 0.454 e. The number of nitrogens with zero attached hydrogens (tertiary/aromatic N) is 3. The van der Waals surface area contributed by atoms with Gasteiger partial charge in [0.15, 0.2) is 5.75 Å². The third-order valence-electron chi connectivity index (χ3n) is 5.84. The first-order chi connectivity index (χ1) is 16.8. The molecule has 0 aliphatic carbocycles. The Balaban J connectivity index is 1.38. The van der Waals surface area contributed by atoms with Crippen molar-refractivity contribution >= 4 is 23.2 Å². The van der Waals surface area contributed by atoms with Crippen LogP contribution in [0.4, 0.5) is 33.7 Å². The molecule has 0 bridgehead atoms. The zero-order chi connectivity index (χ0) is 24.6. The van der Waals surface area contributed by atoms with Crippen molar-refractivity contribution < 1.29 is 27.1 Å². The second-order valence-electron chi connectivity index (χ2n) is 8.10. The number of piperazine rings is 1. The number of hydrogen-bond acceptors (Lipinski definition) is 4. The van der Waals surface area contributed by atoms with Gasteiger partial charge in [0.05, 0.1) is 16.8 Å². The first kappa shape index (κ1) is 22.7. The second-order valence-corrected chi connectivity index (χ2v) is 8.10. The van der Waals surface area contributed by atoms with Gasteiger partial charge in [0.1, 0.15) is 23.1 Å². The minimum absolute atomic E-state index is 0.0187. The Labute approximate surface area is 198 Å². The summed E-state index contributed by atoms with van der Waals surface area (Å²) in [4.78, 5) is 20.8. The van der Waals surface area contributed by atoms with E-state index < -0.39 is 23.6 Å². The predicted molar refractivity (Wildman–Crippen MR) is 123 cm³/mol. The first-order valence-electron chi connectivity index (χ1n) is 10.9. The van der Waals surface area contributed by atoms with Crippen LogP contribution in [0.1, 0.15) is 11.1 Å². The molecule has 2 heterocycles. The number of nitrogens with one attached hydrogen (secondary N) is 1. The van der Waals surface area contributed by atoms with Gasteiger partial charge in [-0.25, -0.2) is 14.2 Å². The molecular formula is C25H20F4N4O2. The number of urea groups is 1. The summed E-state index contributed by atoms with van der Waals surface area (Å²) in [6.07, 6.45) is -4.50. The number of alkyl halides is 3. The van der Waals surface area contributed by atoms with Crippen LogP contribution in [0, 0.1) is 5.82 Å². The van der Waals surface area contributed by atoms with Gasteiger partial charge < -0.3 is 19.9 Å². The van der Waals surface area contributed by atoms with Gasteiger partial charge in [0.25, 0.3) is 0 Å². The molecule has 1 N–H and O–H groups in total. The fourth-order valence-electron chi connectivity index (χ4n) is 4.02. The number of amides is 2. The van der Waals surface area contributed by atoms with Crippen molar-refractivity contribution in [3.63, 3.8) is 0 Å². The highest BCUT2D eigenvalue weighted by molar-refractivity contribution is 6.04. The monoisotopic (exact) mass is 484 g/mol. The van der Waals surface area contributed by atoms with Crippen molar-refractivity contribution in [1.29, 1.82) is 0 Å². The Kier molecular flexibility index (Phi) is 5.80. The van der Waals surface area contributed by atoms with Crippen LogP contribution in [0.3, 0.4) is 0 Å². The smallest absolute Gasteiger partial charge is 0.416 e. The van der Waals surface area contributed by atoms with Gasteiger partial charge in [-0.1, -0.05) is 24.3 Å². The molecule has 0 radical (unpaired) electrons. The summed E-state index contributed by atoms with van der Waals surface area (Å²) >= 11 is 0. The van der Waals surface area contributed by atoms with Gasteiger partial charge in [-0.3, -0.25) is 0 Å². The molecule has 35 heavy (non-hydrogen) atoms. The van der Waals surface area contributed by atoms with Crippen LogP contribution in [0.15, 0.2) is 71.7 Å². The van der Waals surface area contributed by atoms with Gasteiger partial charge in [-0.15, -0.1) is 0 Å². The van der Waals surface area contributed by atoms with Gasteiger partial charge in [-0.05, 0) is 42.5 Å². The zero-order valence-electron chi connectivity index (χ0n) is 18.3. The minimum Gasteiger partial charge on any atom is -0.454 e. The maximum Gasteiger partial charge on any atom is 0.416 e. The lowest BCUT2D eigenvalue weighted by molar-refractivity contribution is -0.137. The van der Waals surface area contributed by atoms with E-state index in [4.69, 9.17) is 4.74 Å². The van der Waals surface area contributed by atoms with Gasteiger partial charge in [0.2, 0.25) is 0 Å². The zero-order valence-corrected chi connectivity index (χ0v) is 18.3. The summed E-state index contributed by atoms with van der Waals surface area (Å²) in [6, 6.07) is 15.8. The van der Waals surface area contributed by atoms with Crippen LogP contribution in [0.2, 0.25) is 0 Å². The molecule has 3 aromatic rings. The Morgan fingerprint density at radius 1 is 0.914 bits per heavy atom. The maximum atomic E-state index is 13.9. The molecule has 0 aromatic heterocycles. The fourth-order valence-corrected chi connectivity index (χ4v) is 4.02. The lowest BCUT2D eigenvalue weighted by Crippen LogP contribution is -2.51. The first-order valence-corrected chi connectivity index (χ1v) is 10.9. The van der Waals surface area contributed by atoms with E-state index in [0.29, 0.717) is 43.3 Å². The van der Waals surface area contributed by atoms with E-state index in [9.17, 15) is 22.4 Å². The normalized spacial score (nSPS) is 15.4. The Hall–Kier alpha value is -4.08. The van der Waals surface area contributed by atoms with Crippen molar-refractivity contribution in [3.05, 3.63) is 83.7 Å². The molecule has 0 spiro atoms. The summed E-state index contributed by atoms with van der Waals surface area (Å²) in [5.41, 5.74) is 0.210. The van der Waals surface area contributed by atoms with Gasteiger partial charge >= 0.3 is 12.2 Å². The number of aliphatic imine (C=N–C) groups is 1. The predicted octanol–water partition coefficient (Wildman–Crippen LogP) is 5.88. The van der Waals surface area contributed by atoms with Crippen molar-refractivity contribution in [2.45, 2.75) is 6.18 Å². The lowest BCUT2D eigenvalue weighted by atomic mass is 10.1. The number of fused-ring (bicyclic) bond motifs is 2. The lowest BCUT2D eigenvalue weighted by Gasteiger charge is -2.36. The third kappa shape index (κ3) is 4.64. The molecule has 2 amide bonds. The molecule has 5 rings (SSSR count). The van der Waals surface area contributed by atoms with E-state index in [1.54, 1.807) is 41.3 Å². The van der Waals surface area contributed by atoms with Crippen molar-refractivity contribution in [2.75, 3.05) is 31.5 Å². The number of benzene rings is 3. The van der Waals surface area contributed by atoms with E-state index in [1.807, 2.05) is 4.90 Å². The molecule has 0 saturated carbocycles. The molecule has 0 atom stereocenters. The Morgan fingerprint density at radius 2 is 1.63 bits per heavy atom. The van der Waals surface area contributed by atoms with Gasteiger partial charge in [-0.2, -0.15) is 13.2 Å². The fraction of sp³-hybridized carbons (Fsp3) is 0.200. The molecule has 1 saturated heterocycles. The van der Waals surface area contributed by atoms with Crippen LogP contribution in [0.5, 0.6) is 11.5 Å². The molecular weight excluding hydrogens is 464 g/mol. The number of para-hydroxylation sites is 2. The summed E-state index contributed by atoms with van der Waals surface area (Å²) in [7, 11) is 0. The minimum atomic E-state index is -4.50. The standard InChI is InChI=1S/C25H20F4N4O2/c26-18-6-2-3-7-19(18)31-24(34)33-13-11-32(12-14-33)23-17-5-1-4-8-21(17)35-22-15-16(25(27,28)29)9-10-20(22)30-23/h1-10,15H,11-14H2,(H,31,34). The average molecular weight is 484 g/mol. The van der Waals surface area contributed by atoms with E-state index in [2.05, 4.69) is 10.3 Å². The molecule has 0 unspecified atom stereocenters. The topological polar surface area (TPSA) is 57.2 Å². The van der Waals surface area contributed by atoms with E-state index in [-0.39, 0.29) is 17.1 Å². The SMILES string of the molecule is O=C(Nc1ccccc1F)N1CCN(C2=Nc3ccc(C(F)(F)F)cc3Oc3ccccc32)CC1. The molecule has 3 aromatic carbocycles. The number of anilines is 1. The number of halogens is 4. The van der Waals surface area contributed by atoms with E-state index in [1.165, 1.54) is 18.2 Å². The Morgan fingerprint density at radius 3 is 2.37 bits per heavy atom. The van der Waals surface area contributed by atoms with Crippen LogP contribution in [-0.2, 0) is 6.18 Å². The number of rotatable bonds is 1. The quantitative estimate of drug-likeness (QED) is 0.439. The molecule has 6 nitrogen and oxygen atoms in total. The maximum absolute atomic E-state index is 13.9. The summed E-state index contributed by atoms with van der Waals surface area (Å²) in [5, 5.41) is 2.58. The summed E-state index contributed by atoms with van der Waals surface area (Å²) in [5.74, 6) is 0.443. The van der Waals surface area contributed by atoms with Crippen LogP contribution in [0.25, 0.3) is 0 Å². The Bertz CT molecular complexity index is 1300. The van der Waals surface area contributed by atoms with Crippen molar-refractivity contribution in [1.82, 2.24) is 9.80 Å². The van der Waals surface area contributed by atoms with Crippen LogP contribution < -0.4 is 10.1 Å². The van der Waals surface area contributed by atoms with E-state index >= 15 is 0 Å². The van der Waals surface area contributed by atoms with Crippen LogP contribution >= 0.6 is 0 Å². The second kappa shape index (κ2) is 8.94. The number of ether oxygens (including phenoxy) is 1. The van der Waals surface area contributed by atoms with Crippen LogP contribution in [-0.4, -0.2) is 47.8 Å². The van der Waals surface area contributed by atoms with Gasteiger partial charge in [0, 0.05) is 26.2 Å². The van der Waals surface area contributed by atoms with Crippen molar-refractivity contribution in [3.8, 4) is 11.5 Å². The number of carbonyl (C=O) groups is 1.